The van der Waals surface area contributed by atoms with Crippen molar-refractivity contribution < 1.29 is 10.0 Å². The molecule has 0 aromatic heterocycles. The Labute approximate surface area is 112 Å². The number of nitrogens with one attached hydrogen (secondary N) is 2. The molecule has 0 unspecified atom stereocenters. The molecule has 18 heavy (non-hydrogen) atoms. The molecule has 0 saturated carbocycles. The maximum absolute atomic E-state index is 8.40. The molecule has 110 valence electrons. The van der Waals surface area contributed by atoms with Crippen molar-refractivity contribution in [2.75, 3.05) is 20.2 Å². The van der Waals surface area contributed by atoms with E-state index >= 15 is 0 Å². The first-order chi connectivity index (χ1) is 8.91. The van der Waals surface area contributed by atoms with Crippen LogP contribution in [0.3, 0.4) is 0 Å². The molecule has 0 spiro atoms. The SMILES string of the molecule is CONCCCCCCCCCCCCCNO. The summed E-state index contributed by atoms with van der Waals surface area (Å²) in [6, 6.07) is 0. The van der Waals surface area contributed by atoms with Gasteiger partial charge in [-0.15, -0.1) is 0 Å². The molecular formula is C14H32N2O2. The first kappa shape index (κ1) is 17.8. The Morgan fingerprint density at radius 1 is 0.667 bits per heavy atom. The highest BCUT2D eigenvalue weighted by Gasteiger charge is 1.93. The van der Waals surface area contributed by atoms with Crippen molar-refractivity contribution in [3.8, 4) is 0 Å². The second-order valence-corrected chi connectivity index (χ2v) is 4.90. The molecule has 0 aliphatic rings. The Kier molecular flexibility index (Phi) is 16.7. The maximum atomic E-state index is 8.40. The van der Waals surface area contributed by atoms with Gasteiger partial charge in [-0.1, -0.05) is 57.8 Å². The van der Waals surface area contributed by atoms with Crippen LogP contribution in [0.25, 0.3) is 0 Å². The first-order valence-corrected chi connectivity index (χ1v) is 7.54. The van der Waals surface area contributed by atoms with Gasteiger partial charge in [0.05, 0.1) is 7.11 Å². The molecule has 0 aliphatic heterocycles. The minimum atomic E-state index is 0.734. The zero-order valence-electron chi connectivity index (χ0n) is 12.0. The van der Waals surface area contributed by atoms with Crippen LogP contribution in [0.5, 0.6) is 0 Å². The highest BCUT2D eigenvalue weighted by Crippen LogP contribution is 2.10. The normalized spacial score (nSPS) is 11.0. The number of hydrogen-bond acceptors (Lipinski definition) is 4. The highest BCUT2D eigenvalue weighted by molar-refractivity contribution is 4.49. The zero-order chi connectivity index (χ0) is 13.3. The lowest BCUT2D eigenvalue weighted by atomic mass is 10.1. The summed E-state index contributed by atoms with van der Waals surface area (Å²) in [5.74, 6) is 0. The summed E-state index contributed by atoms with van der Waals surface area (Å²) in [5.41, 5.74) is 5.07. The lowest BCUT2D eigenvalue weighted by molar-refractivity contribution is 0.0904. The molecule has 0 aliphatic carbocycles. The Balaban J connectivity index is 2.86. The van der Waals surface area contributed by atoms with Crippen molar-refractivity contribution in [2.45, 2.75) is 70.6 Å². The van der Waals surface area contributed by atoms with Crippen molar-refractivity contribution in [1.82, 2.24) is 11.0 Å². The average molecular weight is 260 g/mol. The van der Waals surface area contributed by atoms with E-state index in [1.165, 1.54) is 64.2 Å². The van der Waals surface area contributed by atoms with Crippen LogP contribution in [-0.4, -0.2) is 25.4 Å². The van der Waals surface area contributed by atoms with E-state index in [1.54, 1.807) is 7.11 Å². The summed E-state index contributed by atoms with van der Waals surface area (Å²) >= 11 is 0. The van der Waals surface area contributed by atoms with Gasteiger partial charge < -0.3 is 10.0 Å². The molecule has 0 aromatic carbocycles. The predicted molar refractivity (Wildman–Crippen MR) is 75.6 cm³/mol. The second kappa shape index (κ2) is 16.8. The van der Waals surface area contributed by atoms with Crippen LogP contribution < -0.4 is 11.0 Å². The van der Waals surface area contributed by atoms with E-state index in [2.05, 4.69) is 11.0 Å². The summed E-state index contributed by atoms with van der Waals surface area (Å²) in [5, 5.41) is 8.40. The third-order valence-electron chi connectivity index (χ3n) is 3.21. The first-order valence-electron chi connectivity index (χ1n) is 7.54. The van der Waals surface area contributed by atoms with E-state index < -0.39 is 0 Å². The van der Waals surface area contributed by atoms with E-state index in [9.17, 15) is 0 Å². The Bertz CT molecular complexity index is 130. The van der Waals surface area contributed by atoms with Crippen LogP contribution in [-0.2, 0) is 4.84 Å². The minimum absolute atomic E-state index is 0.734. The second-order valence-electron chi connectivity index (χ2n) is 4.90. The number of hydroxylamine groups is 2. The number of hydrogen-bond donors (Lipinski definition) is 3. The lowest BCUT2D eigenvalue weighted by Crippen LogP contribution is -2.12. The highest BCUT2D eigenvalue weighted by atomic mass is 16.6. The fourth-order valence-electron chi connectivity index (χ4n) is 2.09. The molecule has 0 radical (unpaired) electrons. The van der Waals surface area contributed by atoms with E-state index in [0.29, 0.717) is 0 Å². The third-order valence-corrected chi connectivity index (χ3v) is 3.21. The number of rotatable bonds is 15. The molecule has 0 atom stereocenters. The Morgan fingerprint density at radius 2 is 1.06 bits per heavy atom. The average Bonchev–Trinajstić information content (AvgIpc) is 2.39. The zero-order valence-corrected chi connectivity index (χ0v) is 12.0. The van der Waals surface area contributed by atoms with E-state index in [4.69, 9.17) is 10.0 Å². The van der Waals surface area contributed by atoms with Gasteiger partial charge in [0, 0.05) is 13.1 Å². The summed E-state index contributed by atoms with van der Waals surface area (Å²) < 4.78 is 0. The standard InChI is InChI=1S/C14H32N2O2/c1-18-16-14-12-10-8-6-4-2-3-5-7-9-11-13-15-17/h15-17H,2-14H2,1H3. The largest absolute Gasteiger partial charge is 0.317 e. The van der Waals surface area contributed by atoms with Gasteiger partial charge in [-0.3, -0.25) is 0 Å². The van der Waals surface area contributed by atoms with Gasteiger partial charge in [0.1, 0.15) is 0 Å². The minimum Gasteiger partial charge on any atom is -0.317 e. The molecule has 0 bridgehead atoms. The van der Waals surface area contributed by atoms with Crippen LogP contribution in [0.1, 0.15) is 70.6 Å². The van der Waals surface area contributed by atoms with Crippen molar-refractivity contribution in [3.05, 3.63) is 0 Å². The Hall–Kier alpha value is -0.160. The van der Waals surface area contributed by atoms with Crippen molar-refractivity contribution in [3.63, 3.8) is 0 Å². The molecule has 4 nitrogen and oxygen atoms in total. The molecular weight excluding hydrogens is 228 g/mol. The summed E-state index contributed by atoms with van der Waals surface area (Å²) in [7, 11) is 1.67. The van der Waals surface area contributed by atoms with E-state index in [-0.39, 0.29) is 0 Å². The van der Waals surface area contributed by atoms with Crippen LogP contribution in [0.4, 0.5) is 0 Å². The van der Waals surface area contributed by atoms with Crippen LogP contribution in [0.2, 0.25) is 0 Å². The van der Waals surface area contributed by atoms with Gasteiger partial charge in [0.15, 0.2) is 0 Å². The number of unbranched alkanes of at least 4 members (excludes halogenated alkanes) is 10. The predicted octanol–water partition coefficient (Wildman–Crippen LogP) is 3.41. The molecule has 0 fully saturated rings. The molecule has 4 heteroatoms. The van der Waals surface area contributed by atoms with E-state index in [1.807, 2.05) is 0 Å². The third kappa shape index (κ3) is 15.8. The van der Waals surface area contributed by atoms with Crippen LogP contribution in [0.15, 0.2) is 0 Å². The van der Waals surface area contributed by atoms with Crippen molar-refractivity contribution >= 4 is 0 Å². The molecule has 0 aromatic rings. The van der Waals surface area contributed by atoms with Gasteiger partial charge in [-0.05, 0) is 12.8 Å². The van der Waals surface area contributed by atoms with Crippen LogP contribution >= 0.6 is 0 Å². The fraction of sp³-hybridized carbons (Fsp3) is 1.00. The van der Waals surface area contributed by atoms with Gasteiger partial charge in [0.2, 0.25) is 0 Å². The monoisotopic (exact) mass is 260 g/mol. The van der Waals surface area contributed by atoms with Crippen molar-refractivity contribution in [1.29, 1.82) is 0 Å². The van der Waals surface area contributed by atoms with Gasteiger partial charge in [0.25, 0.3) is 0 Å². The molecule has 0 heterocycles. The van der Waals surface area contributed by atoms with Gasteiger partial charge >= 0.3 is 0 Å². The maximum Gasteiger partial charge on any atom is 0.0572 e. The molecule has 0 amide bonds. The summed E-state index contributed by atoms with van der Waals surface area (Å²) in [4.78, 5) is 4.78. The van der Waals surface area contributed by atoms with Gasteiger partial charge in [-0.2, -0.15) is 0 Å². The molecule has 0 saturated heterocycles. The van der Waals surface area contributed by atoms with Crippen molar-refractivity contribution in [2.24, 2.45) is 0 Å². The smallest absolute Gasteiger partial charge is 0.0572 e. The molecule has 0 rings (SSSR count). The van der Waals surface area contributed by atoms with Crippen LogP contribution in [0, 0.1) is 0 Å². The topological polar surface area (TPSA) is 53.5 Å². The summed E-state index contributed by atoms with van der Waals surface area (Å²) in [6.07, 6.45) is 14.4. The van der Waals surface area contributed by atoms with Gasteiger partial charge in [-0.25, -0.2) is 11.0 Å². The Morgan fingerprint density at radius 3 is 1.44 bits per heavy atom. The lowest BCUT2D eigenvalue weighted by Gasteiger charge is -2.03. The molecule has 3 N–H and O–H groups in total. The fourth-order valence-corrected chi connectivity index (χ4v) is 2.09. The van der Waals surface area contributed by atoms with E-state index in [0.717, 1.165) is 19.5 Å². The quantitative estimate of drug-likeness (QED) is 0.312. The summed E-state index contributed by atoms with van der Waals surface area (Å²) in [6.45, 7) is 1.71.